The fraction of sp³-hybridized carbons (Fsp3) is 0.500. The van der Waals surface area contributed by atoms with Gasteiger partial charge in [0.05, 0.1) is 4.92 Å². The molecule has 5 heteroatoms. The predicted molar refractivity (Wildman–Crippen MR) is 75.1 cm³/mol. The van der Waals surface area contributed by atoms with E-state index in [4.69, 9.17) is 5.26 Å². The molecule has 0 amide bonds. The Bertz CT molecular complexity index is 526. The Morgan fingerprint density at radius 3 is 2.42 bits per heavy atom. The van der Waals surface area contributed by atoms with Gasteiger partial charge in [0, 0.05) is 24.8 Å². The highest BCUT2D eigenvalue weighted by atomic mass is 16.6. The van der Waals surface area contributed by atoms with Gasteiger partial charge >= 0.3 is 0 Å². The van der Waals surface area contributed by atoms with Crippen molar-refractivity contribution < 1.29 is 4.92 Å². The van der Waals surface area contributed by atoms with E-state index in [2.05, 4.69) is 27.7 Å². The summed E-state index contributed by atoms with van der Waals surface area (Å²) >= 11 is 0. The topological polar surface area (TPSA) is 70.2 Å². The average Bonchev–Trinajstić information content (AvgIpc) is 2.34. The normalized spacial score (nSPS) is 12.6. The van der Waals surface area contributed by atoms with Crippen LogP contribution in [0.25, 0.3) is 0 Å². The zero-order chi connectivity index (χ0) is 14.8. The third kappa shape index (κ3) is 3.22. The zero-order valence-corrected chi connectivity index (χ0v) is 12.0. The van der Waals surface area contributed by atoms with E-state index >= 15 is 0 Å². The van der Waals surface area contributed by atoms with E-state index in [1.54, 1.807) is 6.07 Å². The molecule has 0 saturated heterocycles. The number of nitriles is 1. The van der Waals surface area contributed by atoms with Crippen molar-refractivity contribution in [2.24, 2.45) is 5.41 Å². The maximum atomic E-state index is 11.0. The minimum absolute atomic E-state index is 0.0530. The molecule has 0 heterocycles. The van der Waals surface area contributed by atoms with Gasteiger partial charge < -0.3 is 4.90 Å². The smallest absolute Gasteiger partial charge is 0.289 e. The van der Waals surface area contributed by atoms with Crippen LogP contribution < -0.4 is 4.90 Å². The monoisotopic (exact) mass is 261 g/mol. The Morgan fingerprint density at radius 2 is 2.00 bits per heavy atom. The van der Waals surface area contributed by atoms with Gasteiger partial charge in [-0.2, -0.15) is 5.26 Å². The number of rotatable bonds is 3. The van der Waals surface area contributed by atoms with Crippen LogP contribution in [0, 0.1) is 26.9 Å². The molecule has 1 rings (SSSR count). The molecule has 0 radical (unpaired) electrons. The van der Waals surface area contributed by atoms with E-state index in [-0.39, 0.29) is 22.7 Å². The lowest BCUT2D eigenvalue weighted by molar-refractivity contribution is -0.385. The number of nitrogens with zero attached hydrogens (tertiary/aromatic N) is 3. The van der Waals surface area contributed by atoms with Gasteiger partial charge in [-0.25, -0.2) is 0 Å². The molecule has 102 valence electrons. The third-order valence-corrected chi connectivity index (χ3v) is 3.54. The Kier molecular flexibility index (Phi) is 4.15. The SMILES string of the molecule is CC(N(C)c1ccc(C#N)c([N+](=O)[O-])c1)C(C)(C)C. The number of benzene rings is 1. The highest BCUT2D eigenvalue weighted by molar-refractivity contribution is 5.60. The molecule has 0 spiro atoms. The highest BCUT2D eigenvalue weighted by Crippen LogP contribution is 2.30. The molecule has 0 aliphatic heterocycles. The number of hydrogen-bond donors (Lipinski definition) is 0. The Morgan fingerprint density at radius 1 is 1.42 bits per heavy atom. The largest absolute Gasteiger partial charge is 0.371 e. The van der Waals surface area contributed by atoms with Gasteiger partial charge in [0.2, 0.25) is 0 Å². The molecule has 0 saturated carbocycles. The van der Waals surface area contributed by atoms with Gasteiger partial charge in [-0.1, -0.05) is 20.8 Å². The van der Waals surface area contributed by atoms with Crippen LogP contribution in [0.5, 0.6) is 0 Å². The summed E-state index contributed by atoms with van der Waals surface area (Å²) in [7, 11) is 1.90. The van der Waals surface area contributed by atoms with Crippen LogP contribution in [0.2, 0.25) is 0 Å². The summed E-state index contributed by atoms with van der Waals surface area (Å²) in [6.07, 6.45) is 0. The molecule has 0 fully saturated rings. The molecule has 1 atom stereocenters. The Labute approximate surface area is 113 Å². The van der Waals surface area contributed by atoms with Gasteiger partial charge in [0.1, 0.15) is 11.6 Å². The van der Waals surface area contributed by atoms with Crippen LogP contribution >= 0.6 is 0 Å². The third-order valence-electron chi connectivity index (χ3n) is 3.54. The second kappa shape index (κ2) is 5.27. The lowest BCUT2D eigenvalue weighted by atomic mass is 9.87. The summed E-state index contributed by atoms with van der Waals surface area (Å²) in [6, 6.07) is 6.75. The van der Waals surface area contributed by atoms with E-state index in [1.807, 2.05) is 18.0 Å². The van der Waals surface area contributed by atoms with Crippen LogP contribution in [0.1, 0.15) is 33.3 Å². The maximum Gasteiger partial charge on any atom is 0.289 e. The highest BCUT2D eigenvalue weighted by Gasteiger charge is 2.25. The molecule has 1 aromatic rings. The van der Waals surface area contributed by atoms with Crippen molar-refractivity contribution >= 4 is 11.4 Å². The van der Waals surface area contributed by atoms with Gasteiger partial charge in [-0.05, 0) is 24.5 Å². The van der Waals surface area contributed by atoms with Crippen molar-refractivity contribution in [3.63, 3.8) is 0 Å². The van der Waals surface area contributed by atoms with Crippen LogP contribution in [-0.2, 0) is 0 Å². The van der Waals surface area contributed by atoms with Crippen LogP contribution in [-0.4, -0.2) is 18.0 Å². The molecule has 0 aromatic heterocycles. The summed E-state index contributed by atoms with van der Waals surface area (Å²) in [5, 5.41) is 19.8. The Balaban J connectivity index is 3.20. The van der Waals surface area contributed by atoms with Gasteiger partial charge in [-0.3, -0.25) is 10.1 Å². The number of nitro groups is 1. The van der Waals surface area contributed by atoms with Gasteiger partial charge in [-0.15, -0.1) is 0 Å². The molecular formula is C14H19N3O2. The fourth-order valence-electron chi connectivity index (χ4n) is 1.79. The molecule has 1 aromatic carbocycles. The van der Waals surface area contributed by atoms with E-state index in [1.165, 1.54) is 12.1 Å². The van der Waals surface area contributed by atoms with E-state index < -0.39 is 4.92 Å². The van der Waals surface area contributed by atoms with Crippen LogP contribution in [0.15, 0.2) is 18.2 Å². The number of nitro benzene ring substituents is 1. The van der Waals surface area contributed by atoms with Crippen molar-refractivity contribution in [3.05, 3.63) is 33.9 Å². The van der Waals surface area contributed by atoms with Gasteiger partial charge in [0.15, 0.2) is 0 Å². The quantitative estimate of drug-likeness (QED) is 0.618. The predicted octanol–water partition coefficient (Wildman–Crippen LogP) is 3.34. The molecule has 0 aliphatic rings. The first-order valence-corrected chi connectivity index (χ1v) is 6.10. The second-order valence-electron chi connectivity index (χ2n) is 5.72. The Hall–Kier alpha value is -2.09. The second-order valence-corrected chi connectivity index (χ2v) is 5.72. The lowest BCUT2D eigenvalue weighted by Crippen LogP contribution is -2.39. The first kappa shape index (κ1) is 15.0. The average molecular weight is 261 g/mol. The van der Waals surface area contributed by atoms with Crippen LogP contribution in [0.4, 0.5) is 11.4 Å². The minimum atomic E-state index is -0.516. The van der Waals surface area contributed by atoms with E-state index in [9.17, 15) is 10.1 Å². The van der Waals surface area contributed by atoms with Gasteiger partial charge in [0.25, 0.3) is 5.69 Å². The summed E-state index contributed by atoms with van der Waals surface area (Å²) in [5.41, 5.74) is 0.740. The molecule has 0 aliphatic carbocycles. The number of anilines is 1. The summed E-state index contributed by atoms with van der Waals surface area (Å²) in [4.78, 5) is 12.4. The fourth-order valence-corrected chi connectivity index (χ4v) is 1.79. The van der Waals surface area contributed by atoms with Crippen molar-refractivity contribution in [3.8, 4) is 6.07 Å². The molecule has 0 bridgehead atoms. The van der Waals surface area contributed by atoms with E-state index in [0.29, 0.717) is 0 Å². The molecule has 19 heavy (non-hydrogen) atoms. The number of hydrogen-bond acceptors (Lipinski definition) is 4. The molecular weight excluding hydrogens is 242 g/mol. The summed E-state index contributed by atoms with van der Waals surface area (Å²) in [6.45, 7) is 8.43. The van der Waals surface area contributed by atoms with Crippen molar-refractivity contribution in [2.45, 2.75) is 33.7 Å². The molecule has 5 nitrogen and oxygen atoms in total. The molecule has 1 unspecified atom stereocenters. The van der Waals surface area contributed by atoms with Crippen LogP contribution in [0.3, 0.4) is 0 Å². The lowest BCUT2D eigenvalue weighted by Gasteiger charge is -2.36. The first-order valence-electron chi connectivity index (χ1n) is 6.10. The first-order chi connectivity index (χ1) is 8.68. The zero-order valence-electron chi connectivity index (χ0n) is 12.0. The summed E-state index contributed by atoms with van der Waals surface area (Å²) in [5.74, 6) is 0. The summed E-state index contributed by atoms with van der Waals surface area (Å²) < 4.78 is 0. The van der Waals surface area contributed by atoms with E-state index in [0.717, 1.165) is 5.69 Å². The van der Waals surface area contributed by atoms with Crippen molar-refractivity contribution in [1.82, 2.24) is 0 Å². The van der Waals surface area contributed by atoms with Crippen molar-refractivity contribution in [1.29, 1.82) is 5.26 Å². The standard InChI is InChI=1S/C14H19N3O2/c1-10(14(2,3)4)16(5)12-7-6-11(9-15)13(8-12)17(18)19/h6-8,10H,1-5H3. The maximum absolute atomic E-state index is 11.0. The van der Waals surface area contributed by atoms with Crippen molar-refractivity contribution in [2.75, 3.05) is 11.9 Å². The molecule has 0 N–H and O–H groups in total. The minimum Gasteiger partial charge on any atom is -0.371 e.